The number of carbonyl (C=O) groups excluding carboxylic acids is 1. The van der Waals surface area contributed by atoms with Crippen molar-refractivity contribution < 1.29 is 4.79 Å². The molecule has 9 heteroatoms. The lowest BCUT2D eigenvalue weighted by Crippen LogP contribution is -2.31. The number of nitrogens with one attached hydrogen (secondary N) is 3. The van der Waals surface area contributed by atoms with Crippen LogP contribution in [-0.4, -0.2) is 20.9 Å². The molecule has 0 radical (unpaired) electrons. The molecule has 0 saturated carbocycles. The second-order valence-corrected chi connectivity index (χ2v) is 5.29. The second kappa shape index (κ2) is 7.45. The number of nitrogens with zero attached hydrogens (tertiary/aromatic N) is 3. The summed E-state index contributed by atoms with van der Waals surface area (Å²) < 4.78 is 0. The monoisotopic (exact) mass is 355 g/mol. The molecule has 126 valence electrons. The number of halogens is 1. The minimum atomic E-state index is -0.417. The van der Waals surface area contributed by atoms with E-state index in [2.05, 4.69) is 31.1 Å². The van der Waals surface area contributed by atoms with Crippen LogP contribution in [0.1, 0.15) is 10.5 Å². The van der Waals surface area contributed by atoms with Crippen molar-refractivity contribution in [1.82, 2.24) is 20.4 Å². The first-order valence-electron chi connectivity index (χ1n) is 7.24. The van der Waals surface area contributed by atoms with E-state index in [0.29, 0.717) is 16.5 Å². The Morgan fingerprint density at radius 1 is 1.00 bits per heavy atom. The summed E-state index contributed by atoms with van der Waals surface area (Å²) in [6.45, 7) is 0. The summed E-state index contributed by atoms with van der Waals surface area (Å²) >= 11 is 6.11. The molecular formula is C16H14ClN7O. The molecule has 2 aromatic heterocycles. The van der Waals surface area contributed by atoms with Gasteiger partial charge in [0.15, 0.2) is 11.6 Å². The molecule has 8 nitrogen and oxygen atoms in total. The highest BCUT2D eigenvalue weighted by Gasteiger charge is 2.11. The zero-order chi connectivity index (χ0) is 17.6. The SMILES string of the molecule is Nc1c(NNC(=O)c2ccccn2)ncnc1Nc1ccccc1Cl. The fourth-order valence-corrected chi connectivity index (χ4v) is 2.14. The van der Waals surface area contributed by atoms with Crippen molar-refractivity contribution in [3.8, 4) is 0 Å². The highest BCUT2D eigenvalue weighted by molar-refractivity contribution is 6.33. The smallest absolute Gasteiger partial charge is 0.288 e. The number of hydrogen-bond acceptors (Lipinski definition) is 7. The lowest BCUT2D eigenvalue weighted by Gasteiger charge is -2.13. The van der Waals surface area contributed by atoms with E-state index in [4.69, 9.17) is 17.3 Å². The van der Waals surface area contributed by atoms with Crippen LogP contribution in [0.2, 0.25) is 5.02 Å². The molecule has 2 heterocycles. The Morgan fingerprint density at radius 2 is 1.76 bits per heavy atom. The molecule has 3 aromatic rings. The van der Waals surface area contributed by atoms with Crippen LogP contribution in [0.3, 0.4) is 0 Å². The van der Waals surface area contributed by atoms with Crippen LogP contribution >= 0.6 is 11.6 Å². The third-order valence-corrected chi connectivity index (χ3v) is 3.53. The highest BCUT2D eigenvalue weighted by Crippen LogP contribution is 2.29. The molecule has 0 aliphatic rings. The highest BCUT2D eigenvalue weighted by atomic mass is 35.5. The van der Waals surface area contributed by atoms with E-state index < -0.39 is 5.91 Å². The Kier molecular flexibility index (Phi) is 4.91. The maximum atomic E-state index is 12.0. The Balaban J connectivity index is 1.73. The molecular weight excluding hydrogens is 342 g/mol. The number of pyridine rings is 1. The number of nitrogens with two attached hydrogens (primary N) is 1. The molecule has 1 aromatic carbocycles. The van der Waals surface area contributed by atoms with Gasteiger partial charge in [-0.15, -0.1) is 0 Å². The Labute approximate surface area is 148 Å². The molecule has 0 fully saturated rings. The topological polar surface area (TPSA) is 118 Å². The number of nitrogen functional groups attached to an aromatic ring is 1. The average molecular weight is 356 g/mol. The van der Waals surface area contributed by atoms with E-state index in [1.807, 2.05) is 12.1 Å². The fourth-order valence-electron chi connectivity index (χ4n) is 1.96. The number of para-hydroxylation sites is 1. The van der Waals surface area contributed by atoms with Crippen LogP contribution in [0.4, 0.5) is 23.0 Å². The van der Waals surface area contributed by atoms with E-state index in [9.17, 15) is 4.79 Å². The Hall–Kier alpha value is -3.39. The molecule has 3 rings (SSSR count). The van der Waals surface area contributed by atoms with Crippen LogP contribution in [-0.2, 0) is 0 Å². The second-order valence-electron chi connectivity index (χ2n) is 4.88. The zero-order valence-electron chi connectivity index (χ0n) is 12.9. The van der Waals surface area contributed by atoms with Gasteiger partial charge in [-0.1, -0.05) is 29.8 Å². The van der Waals surface area contributed by atoms with Crippen LogP contribution in [0.15, 0.2) is 55.0 Å². The van der Waals surface area contributed by atoms with Crippen LogP contribution in [0, 0.1) is 0 Å². The summed E-state index contributed by atoms with van der Waals surface area (Å²) in [6.07, 6.45) is 2.84. The average Bonchev–Trinajstić information content (AvgIpc) is 2.64. The molecule has 0 atom stereocenters. The minimum absolute atomic E-state index is 0.226. The number of aromatic nitrogens is 3. The largest absolute Gasteiger partial charge is 0.393 e. The molecule has 0 aliphatic carbocycles. The van der Waals surface area contributed by atoms with Gasteiger partial charge < -0.3 is 11.1 Å². The van der Waals surface area contributed by atoms with Gasteiger partial charge in [-0.2, -0.15) is 0 Å². The van der Waals surface area contributed by atoms with E-state index in [1.165, 1.54) is 12.5 Å². The fraction of sp³-hybridized carbons (Fsp3) is 0. The maximum Gasteiger partial charge on any atom is 0.288 e. The van der Waals surface area contributed by atoms with Gasteiger partial charge in [0, 0.05) is 6.20 Å². The first kappa shape index (κ1) is 16.5. The normalized spacial score (nSPS) is 10.1. The van der Waals surface area contributed by atoms with Gasteiger partial charge in [0.05, 0.1) is 10.7 Å². The number of amides is 1. The van der Waals surface area contributed by atoms with Gasteiger partial charge in [-0.3, -0.25) is 20.6 Å². The molecule has 0 spiro atoms. The molecule has 0 bridgehead atoms. The summed E-state index contributed by atoms with van der Waals surface area (Å²) in [5.74, 6) is 0.186. The van der Waals surface area contributed by atoms with Crippen LogP contribution in [0.25, 0.3) is 0 Å². The predicted octanol–water partition coefficient (Wildman–Crippen LogP) is 2.61. The zero-order valence-corrected chi connectivity index (χ0v) is 13.7. The number of rotatable bonds is 5. The van der Waals surface area contributed by atoms with Crippen LogP contribution in [0.5, 0.6) is 0 Å². The van der Waals surface area contributed by atoms with E-state index in [-0.39, 0.29) is 17.2 Å². The minimum Gasteiger partial charge on any atom is -0.393 e. The van der Waals surface area contributed by atoms with Crippen molar-refractivity contribution >= 4 is 40.5 Å². The predicted molar refractivity (Wildman–Crippen MR) is 96.5 cm³/mol. The lowest BCUT2D eigenvalue weighted by molar-refractivity contribution is 0.0957. The van der Waals surface area contributed by atoms with Gasteiger partial charge >= 0.3 is 0 Å². The van der Waals surface area contributed by atoms with Gasteiger partial charge in [-0.25, -0.2) is 9.97 Å². The van der Waals surface area contributed by atoms with Crippen LogP contribution < -0.4 is 21.9 Å². The number of hydrogen-bond donors (Lipinski definition) is 4. The van der Waals surface area contributed by atoms with Crippen molar-refractivity contribution in [2.75, 3.05) is 16.5 Å². The third kappa shape index (κ3) is 3.93. The number of hydrazine groups is 1. The standard InChI is InChI=1S/C16H14ClN7O/c17-10-5-1-2-6-11(10)22-14-13(18)15(21-9-20-14)23-24-16(25)12-7-3-4-8-19-12/h1-9H,18H2,(H,24,25)(H2,20,21,22,23). The molecule has 0 unspecified atom stereocenters. The van der Waals surface area contributed by atoms with E-state index >= 15 is 0 Å². The molecule has 1 amide bonds. The third-order valence-electron chi connectivity index (χ3n) is 3.20. The van der Waals surface area contributed by atoms with Gasteiger partial charge in [-0.05, 0) is 24.3 Å². The summed E-state index contributed by atoms with van der Waals surface area (Å²) in [7, 11) is 0. The molecule has 0 saturated heterocycles. The maximum absolute atomic E-state index is 12.0. The van der Waals surface area contributed by atoms with Crippen molar-refractivity contribution in [1.29, 1.82) is 0 Å². The van der Waals surface area contributed by atoms with E-state index in [1.54, 1.807) is 30.3 Å². The summed E-state index contributed by atoms with van der Waals surface area (Å²) in [6, 6.07) is 12.2. The Bertz CT molecular complexity index is 889. The quantitative estimate of drug-likeness (QED) is 0.519. The van der Waals surface area contributed by atoms with Crippen molar-refractivity contribution in [3.63, 3.8) is 0 Å². The summed E-state index contributed by atoms with van der Waals surface area (Å²) in [5.41, 5.74) is 12.3. The van der Waals surface area contributed by atoms with Gasteiger partial charge in [0.1, 0.15) is 17.7 Å². The summed E-state index contributed by atoms with van der Waals surface area (Å²) in [4.78, 5) is 24.1. The summed E-state index contributed by atoms with van der Waals surface area (Å²) in [5, 5.41) is 3.55. The molecule has 0 aliphatic heterocycles. The van der Waals surface area contributed by atoms with Gasteiger partial charge in [0.2, 0.25) is 0 Å². The Morgan fingerprint density at radius 3 is 2.52 bits per heavy atom. The van der Waals surface area contributed by atoms with Crippen molar-refractivity contribution in [2.45, 2.75) is 0 Å². The van der Waals surface area contributed by atoms with E-state index in [0.717, 1.165) is 0 Å². The number of anilines is 4. The van der Waals surface area contributed by atoms with Crippen molar-refractivity contribution in [2.24, 2.45) is 0 Å². The lowest BCUT2D eigenvalue weighted by atomic mass is 10.3. The number of carbonyl (C=O) groups is 1. The first-order chi connectivity index (χ1) is 12.1. The van der Waals surface area contributed by atoms with Crippen molar-refractivity contribution in [3.05, 3.63) is 65.7 Å². The first-order valence-corrected chi connectivity index (χ1v) is 7.62. The molecule has 5 N–H and O–H groups in total. The van der Waals surface area contributed by atoms with Gasteiger partial charge in [0.25, 0.3) is 5.91 Å². The molecule has 25 heavy (non-hydrogen) atoms. The number of benzene rings is 1.